The van der Waals surface area contributed by atoms with Gasteiger partial charge in [-0.1, -0.05) is 25.7 Å². The SMILES string of the molecule is C=CN1C=CC=CC(C)C1=O. The summed E-state index contributed by atoms with van der Waals surface area (Å²) < 4.78 is 0. The van der Waals surface area contributed by atoms with Crippen LogP contribution in [0.25, 0.3) is 0 Å². The molecule has 0 saturated carbocycles. The summed E-state index contributed by atoms with van der Waals surface area (Å²) in [5.41, 5.74) is 0. The first-order valence-electron chi connectivity index (χ1n) is 3.55. The summed E-state index contributed by atoms with van der Waals surface area (Å²) in [5, 5.41) is 0. The summed E-state index contributed by atoms with van der Waals surface area (Å²) in [6.07, 6.45) is 8.77. The lowest BCUT2D eigenvalue weighted by molar-refractivity contribution is -0.128. The van der Waals surface area contributed by atoms with Crippen LogP contribution in [0.5, 0.6) is 0 Å². The number of allylic oxidation sites excluding steroid dienone is 2. The molecule has 0 saturated heterocycles. The van der Waals surface area contributed by atoms with Crippen molar-refractivity contribution in [2.75, 3.05) is 0 Å². The highest BCUT2D eigenvalue weighted by Crippen LogP contribution is 2.08. The minimum Gasteiger partial charge on any atom is -0.295 e. The van der Waals surface area contributed by atoms with E-state index in [-0.39, 0.29) is 11.8 Å². The van der Waals surface area contributed by atoms with Gasteiger partial charge in [0.25, 0.3) is 0 Å². The molecule has 1 aliphatic rings. The number of amides is 1. The Morgan fingerprint density at radius 1 is 1.64 bits per heavy atom. The second-order valence-electron chi connectivity index (χ2n) is 2.44. The molecule has 1 amide bonds. The fourth-order valence-corrected chi connectivity index (χ4v) is 0.915. The van der Waals surface area contributed by atoms with Crippen LogP contribution < -0.4 is 0 Å². The molecule has 2 nitrogen and oxygen atoms in total. The lowest BCUT2D eigenvalue weighted by Gasteiger charge is -2.13. The van der Waals surface area contributed by atoms with Gasteiger partial charge in [-0.15, -0.1) is 0 Å². The Bertz CT molecular complexity index is 228. The standard InChI is InChI=1S/C9H11NO/c1-3-10-7-5-4-6-8(2)9(10)11/h3-8H,1H2,2H3. The molecular formula is C9H11NO. The van der Waals surface area contributed by atoms with Crippen LogP contribution in [0.3, 0.4) is 0 Å². The fraction of sp³-hybridized carbons (Fsp3) is 0.222. The molecule has 1 atom stereocenters. The third-order valence-electron chi connectivity index (χ3n) is 1.60. The molecule has 58 valence electrons. The molecule has 2 heteroatoms. The van der Waals surface area contributed by atoms with Crippen molar-refractivity contribution in [1.82, 2.24) is 4.90 Å². The zero-order valence-electron chi connectivity index (χ0n) is 6.53. The van der Waals surface area contributed by atoms with Crippen molar-refractivity contribution in [3.63, 3.8) is 0 Å². The summed E-state index contributed by atoms with van der Waals surface area (Å²) in [4.78, 5) is 12.8. The van der Waals surface area contributed by atoms with Crippen LogP contribution in [0, 0.1) is 5.92 Å². The van der Waals surface area contributed by atoms with Crippen LogP contribution >= 0.6 is 0 Å². The van der Waals surface area contributed by atoms with Gasteiger partial charge in [-0.2, -0.15) is 0 Å². The Kier molecular flexibility index (Phi) is 2.26. The van der Waals surface area contributed by atoms with E-state index in [1.807, 2.05) is 25.2 Å². The van der Waals surface area contributed by atoms with Gasteiger partial charge in [-0.25, -0.2) is 0 Å². The van der Waals surface area contributed by atoms with Crippen LogP contribution in [-0.2, 0) is 4.79 Å². The number of rotatable bonds is 1. The summed E-state index contributed by atoms with van der Waals surface area (Å²) in [5.74, 6) is 0.00741. The normalized spacial score (nSPS) is 23.5. The lowest BCUT2D eigenvalue weighted by atomic mass is 10.1. The smallest absolute Gasteiger partial charge is 0.237 e. The van der Waals surface area contributed by atoms with E-state index in [1.54, 1.807) is 6.20 Å². The Morgan fingerprint density at radius 3 is 3.00 bits per heavy atom. The summed E-state index contributed by atoms with van der Waals surface area (Å²) in [7, 11) is 0. The predicted octanol–water partition coefficient (Wildman–Crippen LogP) is 1.68. The number of hydrogen-bond donors (Lipinski definition) is 0. The zero-order chi connectivity index (χ0) is 8.27. The minimum atomic E-state index is -0.0528. The third-order valence-corrected chi connectivity index (χ3v) is 1.60. The molecule has 0 spiro atoms. The van der Waals surface area contributed by atoms with Crippen LogP contribution in [0.2, 0.25) is 0 Å². The second kappa shape index (κ2) is 3.19. The number of nitrogens with zero attached hydrogens (tertiary/aromatic N) is 1. The quantitative estimate of drug-likeness (QED) is 0.555. The Balaban J connectivity index is 2.85. The molecule has 1 heterocycles. The number of carbonyl (C=O) groups excluding carboxylic acids is 1. The Morgan fingerprint density at radius 2 is 2.36 bits per heavy atom. The fourth-order valence-electron chi connectivity index (χ4n) is 0.915. The van der Waals surface area contributed by atoms with E-state index in [1.165, 1.54) is 11.1 Å². The van der Waals surface area contributed by atoms with Crippen molar-refractivity contribution < 1.29 is 4.79 Å². The minimum absolute atomic E-state index is 0.0528. The first-order valence-corrected chi connectivity index (χ1v) is 3.55. The van der Waals surface area contributed by atoms with E-state index in [0.717, 1.165) is 0 Å². The van der Waals surface area contributed by atoms with Crippen LogP contribution in [-0.4, -0.2) is 10.8 Å². The number of hydrogen-bond acceptors (Lipinski definition) is 1. The monoisotopic (exact) mass is 149 g/mol. The van der Waals surface area contributed by atoms with E-state index < -0.39 is 0 Å². The van der Waals surface area contributed by atoms with Crippen molar-refractivity contribution in [2.45, 2.75) is 6.92 Å². The molecule has 0 radical (unpaired) electrons. The highest BCUT2D eigenvalue weighted by Gasteiger charge is 2.14. The molecule has 1 unspecified atom stereocenters. The predicted molar refractivity (Wildman–Crippen MR) is 44.5 cm³/mol. The molecule has 0 N–H and O–H groups in total. The van der Waals surface area contributed by atoms with Gasteiger partial charge in [-0.3, -0.25) is 9.69 Å². The van der Waals surface area contributed by atoms with Gasteiger partial charge in [0.2, 0.25) is 5.91 Å². The number of carbonyl (C=O) groups is 1. The average Bonchev–Trinajstić information content (AvgIpc) is 2.16. The highest BCUT2D eigenvalue weighted by molar-refractivity contribution is 5.82. The average molecular weight is 149 g/mol. The van der Waals surface area contributed by atoms with E-state index in [0.29, 0.717) is 0 Å². The molecule has 0 aromatic rings. The van der Waals surface area contributed by atoms with Gasteiger partial charge in [-0.05, 0) is 6.08 Å². The second-order valence-corrected chi connectivity index (χ2v) is 2.44. The van der Waals surface area contributed by atoms with Gasteiger partial charge in [0.1, 0.15) is 0 Å². The molecule has 0 aromatic carbocycles. The molecular weight excluding hydrogens is 138 g/mol. The maximum atomic E-state index is 11.3. The first kappa shape index (κ1) is 7.79. The molecule has 0 aliphatic carbocycles. The van der Waals surface area contributed by atoms with E-state index in [4.69, 9.17) is 0 Å². The summed E-state index contributed by atoms with van der Waals surface area (Å²) in [6, 6.07) is 0. The molecule has 0 fully saturated rings. The van der Waals surface area contributed by atoms with E-state index >= 15 is 0 Å². The lowest BCUT2D eigenvalue weighted by Crippen LogP contribution is -2.24. The van der Waals surface area contributed by atoms with Gasteiger partial charge in [0.05, 0.1) is 5.92 Å². The van der Waals surface area contributed by atoms with Gasteiger partial charge in [0.15, 0.2) is 0 Å². The van der Waals surface area contributed by atoms with Crippen LogP contribution in [0.15, 0.2) is 37.2 Å². The van der Waals surface area contributed by atoms with Crippen molar-refractivity contribution >= 4 is 5.91 Å². The molecule has 11 heavy (non-hydrogen) atoms. The van der Waals surface area contributed by atoms with Crippen molar-refractivity contribution in [3.05, 3.63) is 37.2 Å². The third kappa shape index (κ3) is 1.58. The van der Waals surface area contributed by atoms with E-state index in [2.05, 4.69) is 6.58 Å². The largest absolute Gasteiger partial charge is 0.295 e. The van der Waals surface area contributed by atoms with Crippen molar-refractivity contribution in [1.29, 1.82) is 0 Å². The summed E-state index contributed by atoms with van der Waals surface area (Å²) in [6.45, 7) is 5.40. The molecule has 0 aromatic heterocycles. The highest BCUT2D eigenvalue weighted by atomic mass is 16.2. The van der Waals surface area contributed by atoms with E-state index in [9.17, 15) is 4.79 Å². The van der Waals surface area contributed by atoms with Gasteiger partial charge in [0, 0.05) is 12.4 Å². The van der Waals surface area contributed by atoms with Gasteiger partial charge < -0.3 is 0 Å². The molecule has 1 aliphatic heterocycles. The molecule has 0 bridgehead atoms. The summed E-state index contributed by atoms with van der Waals surface area (Å²) >= 11 is 0. The first-order chi connectivity index (χ1) is 5.25. The molecule has 1 rings (SSSR count). The van der Waals surface area contributed by atoms with Crippen LogP contribution in [0.1, 0.15) is 6.92 Å². The van der Waals surface area contributed by atoms with Crippen molar-refractivity contribution in [3.8, 4) is 0 Å². The topological polar surface area (TPSA) is 20.3 Å². The zero-order valence-corrected chi connectivity index (χ0v) is 6.53. The maximum Gasteiger partial charge on any atom is 0.237 e. The van der Waals surface area contributed by atoms with Crippen LogP contribution in [0.4, 0.5) is 0 Å². The maximum absolute atomic E-state index is 11.3. The van der Waals surface area contributed by atoms with Gasteiger partial charge >= 0.3 is 0 Å². The Labute approximate surface area is 66.5 Å². The Hall–Kier alpha value is -1.31. The van der Waals surface area contributed by atoms with Crippen molar-refractivity contribution in [2.24, 2.45) is 5.92 Å².